The average Bonchev–Trinajstić information content (AvgIpc) is 2.93. The molecular formula is C27H34ClFN2O. The van der Waals surface area contributed by atoms with E-state index in [1.165, 1.54) is 6.07 Å². The summed E-state index contributed by atoms with van der Waals surface area (Å²) in [7, 11) is 2.15. The van der Waals surface area contributed by atoms with Gasteiger partial charge < -0.3 is 14.9 Å². The van der Waals surface area contributed by atoms with Crippen molar-refractivity contribution in [2.75, 3.05) is 39.8 Å². The van der Waals surface area contributed by atoms with E-state index in [0.717, 1.165) is 69.5 Å². The molecule has 2 aromatic carbocycles. The highest BCUT2D eigenvalue weighted by Crippen LogP contribution is 2.42. The third kappa shape index (κ3) is 5.43. The zero-order valence-corrected chi connectivity index (χ0v) is 19.7. The standard InChI is InChI=1S/C27H34ClFN2O/c1-30-14-16-31(17-15-30)20-23-11-6-5-10-22(18-21-8-3-2-4-9-21)27(23,32)19-24-25(28)12-7-13-26(24)29/h2-4,7-9,12-13,18,23,32H,5-6,10-11,14-17,19-20H2,1H3/b22-18-. The summed E-state index contributed by atoms with van der Waals surface area (Å²) in [5, 5.41) is 12.8. The second kappa shape index (κ2) is 10.5. The maximum Gasteiger partial charge on any atom is 0.128 e. The molecule has 2 unspecified atom stereocenters. The van der Waals surface area contributed by atoms with E-state index in [4.69, 9.17) is 11.6 Å². The van der Waals surface area contributed by atoms with Crippen LogP contribution in [0.15, 0.2) is 54.1 Å². The molecule has 0 spiro atoms. The highest BCUT2D eigenvalue weighted by molar-refractivity contribution is 6.31. The second-order valence-electron chi connectivity index (χ2n) is 9.43. The van der Waals surface area contributed by atoms with Crippen molar-refractivity contribution in [3.63, 3.8) is 0 Å². The Hall–Kier alpha value is -1.72. The van der Waals surface area contributed by atoms with Gasteiger partial charge in [0.1, 0.15) is 5.82 Å². The molecule has 0 bridgehead atoms. The van der Waals surface area contributed by atoms with Gasteiger partial charge >= 0.3 is 0 Å². The molecule has 3 nitrogen and oxygen atoms in total. The molecular weight excluding hydrogens is 423 g/mol. The molecule has 1 heterocycles. The summed E-state index contributed by atoms with van der Waals surface area (Å²) in [5.41, 5.74) is 1.35. The first kappa shape index (κ1) is 23.4. The van der Waals surface area contributed by atoms with Crippen LogP contribution in [0.5, 0.6) is 0 Å². The van der Waals surface area contributed by atoms with Gasteiger partial charge in [0.25, 0.3) is 0 Å². The molecule has 32 heavy (non-hydrogen) atoms. The fourth-order valence-corrected chi connectivity index (χ4v) is 5.41. The van der Waals surface area contributed by atoms with Crippen LogP contribution >= 0.6 is 11.6 Å². The van der Waals surface area contributed by atoms with Crippen LogP contribution in [0.1, 0.15) is 36.8 Å². The van der Waals surface area contributed by atoms with E-state index in [1.54, 1.807) is 12.1 Å². The minimum absolute atomic E-state index is 0.0269. The monoisotopic (exact) mass is 456 g/mol. The number of piperazine rings is 1. The Kier molecular flexibility index (Phi) is 7.67. The lowest BCUT2D eigenvalue weighted by atomic mass is 9.74. The van der Waals surface area contributed by atoms with Gasteiger partial charge in [-0.3, -0.25) is 0 Å². The van der Waals surface area contributed by atoms with E-state index in [2.05, 4.69) is 35.1 Å². The minimum atomic E-state index is -1.14. The summed E-state index contributed by atoms with van der Waals surface area (Å²) >= 11 is 6.43. The van der Waals surface area contributed by atoms with Crippen LogP contribution in [0.4, 0.5) is 4.39 Å². The molecule has 1 N–H and O–H groups in total. The van der Waals surface area contributed by atoms with Crippen molar-refractivity contribution in [3.8, 4) is 0 Å². The lowest BCUT2D eigenvalue weighted by Gasteiger charge is -2.42. The Labute approximate surface area is 196 Å². The van der Waals surface area contributed by atoms with Gasteiger partial charge in [-0.1, -0.05) is 60.5 Å². The first-order chi connectivity index (χ1) is 15.5. The van der Waals surface area contributed by atoms with E-state index >= 15 is 0 Å². The Bertz CT molecular complexity index is 906. The molecule has 2 fully saturated rings. The first-order valence-electron chi connectivity index (χ1n) is 11.8. The third-order valence-electron chi connectivity index (χ3n) is 7.20. The van der Waals surface area contributed by atoms with E-state index in [0.29, 0.717) is 10.6 Å². The quantitative estimate of drug-likeness (QED) is 0.620. The third-order valence-corrected chi connectivity index (χ3v) is 7.56. The van der Waals surface area contributed by atoms with E-state index in [1.807, 2.05) is 18.2 Å². The summed E-state index contributed by atoms with van der Waals surface area (Å²) in [4.78, 5) is 4.81. The molecule has 2 aliphatic rings. The summed E-state index contributed by atoms with van der Waals surface area (Å²) in [6.45, 7) is 4.90. The highest BCUT2D eigenvalue weighted by atomic mass is 35.5. The van der Waals surface area contributed by atoms with Crippen LogP contribution in [-0.2, 0) is 6.42 Å². The van der Waals surface area contributed by atoms with Crippen molar-refractivity contribution in [3.05, 3.63) is 76.1 Å². The molecule has 1 saturated carbocycles. The van der Waals surface area contributed by atoms with E-state index in [9.17, 15) is 9.50 Å². The minimum Gasteiger partial charge on any atom is -0.385 e. The van der Waals surface area contributed by atoms with Gasteiger partial charge in [-0.25, -0.2) is 4.39 Å². The van der Waals surface area contributed by atoms with Crippen molar-refractivity contribution in [1.29, 1.82) is 0 Å². The Morgan fingerprint density at radius 3 is 2.53 bits per heavy atom. The molecule has 1 saturated heterocycles. The number of hydrogen-bond donors (Lipinski definition) is 1. The molecule has 1 aliphatic carbocycles. The van der Waals surface area contributed by atoms with Gasteiger partial charge in [0.15, 0.2) is 0 Å². The molecule has 172 valence electrons. The molecule has 0 radical (unpaired) electrons. The predicted octanol–water partition coefficient (Wildman–Crippen LogP) is 5.27. The zero-order valence-electron chi connectivity index (χ0n) is 18.9. The molecule has 2 atom stereocenters. The van der Waals surface area contributed by atoms with Gasteiger partial charge in [-0.15, -0.1) is 0 Å². The van der Waals surface area contributed by atoms with Crippen molar-refractivity contribution < 1.29 is 9.50 Å². The lowest BCUT2D eigenvalue weighted by molar-refractivity contribution is -0.00696. The van der Waals surface area contributed by atoms with Gasteiger partial charge in [0, 0.05) is 55.6 Å². The number of likely N-dealkylation sites (N-methyl/N-ethyl adjacent to an activating group) is 1. The fraction of sp³-hybridized carbons (Fsp3) is 0.481. The summed E-state index contributed by atoms with van der Waals surface area (Å²) in [5.74, 6) is -0.313. The SMILES string of the molecule is CN1CCN(CC2CCCC/C(=C/c3ccccc3)C2(O)Cc2c(F)cccc2Cl)CC1. The number of hydrogen-bond acceptors (Lipinski definition) is 3. The predicted molar refractivity (Wildman–Crippen MR) is 130 cm³/mol. The Balaban J connectivity index is 1.72. The maximum absolute atomic E-state index is 14.8. The fourth-order valence-electron chi connectivity index (χ4n) is 5.18. The summed E-state index contributed by atoms with van der Waals surface area (Å²) < 4.78 is 14.8. The Morgan fingerprint density at radius 2 is 1.81 bits per heavy atom. The number of halogens is 2. The maximum atomic E-state index is 14.8. The zero-order chi connectivity index (χ0) is 22.6. The van der Waals surface area contributed by atoms with E-state index in [-0.39, 0.29) is 18.2 Å². The van der Waals surface area contributed by atoms with Crippen molar-refractivity contribution >= 4 is 17.7 Å². The van der Waals surface area contributed by atoms with Gasteiger partial charge in [-0.2, -0.15) is 0 Å². The summed E-state index contributed by atoms with van der Waals surface area (Å²) in [6, 6.07) is 14.9. The first-order valence-corrected chi connectivity index (χ1v) is 12.2. The van der Waals surface area contributed by atoms with Crippen LogP contribution in [0.2, 0.25) is 5.02 Å². The van der Waals surface area contributed by atoms with Crippen molar-refractivity contribution in [1.82, 2.24) is 9.80 Å². The van der Waals surface area contributed by atoms with Crippen LogP contribution in [0.3, 0.4) is 0 Å². The number of aliphatic hydroxyl groups is 1. The van der Waals surface area contributed by atoms with Crippen LogP contribution < -0.4 is 0 Å². The highest BCUT2D eigenvalue weighted by Gasteiger charge is 2.43. The van der Waals surface area contributed by atoms with Gasteiger partial charge in [0.05, 0.1) is 5.60 Å². The van der Waals surface area contributed by atoms with Crippen LogP contribution in [0, 0.1) is 11.7 Å². The van der Waals surface area contributed by atoms with Crippen molar-refractivity contribution in [2.45, 2.75) is 37.7 Å². The number of rotatable bonds is 5. The van der Waals surface area contributed by atoms with Gasteiger partial charge in [0.2, 0.25) is 0 Å². The largest absolute Gasteiger partial charge is 0.385 e. The lowest BCUT2D eigenvalue weighted by Crippen LogP contribution is -2.51. The van der Waals surface area contributed by atoms with Crippen molar-refractivity contribution in [2.24, 2.45) is 5.92 Å². The summed E-state index contributed by atoms with van der Waals surface area (Å²) in [6.07, 6.45) is 6.17. The molecule has 2 aromatic rings. The van der Waals surface area contributed by atoms with Gasteiger partial charge in [-0.05, 0) is 49.6 Å². The van der Waals surface area contributed by atoms with Crippen LogP contribution in [0.25, 0.3) is 6.08 Å². The molecule has 0 amide bonds. The molecule has 1 aliphatic heterocycles. The van der Waals surface area contributed by atoms with E-state index < -0.39 is 5.60 Å². The number of benzene rings is 2. The Morgan fingerprint density at radius 1 is 1.06 bits per heavy atom. The smallest absolute Gasteiger partial charge is 0.128 e. The topological polar surface area (TPSA) is 26.7 Å². The average molecular weight is 457 g/mol. The molecule has 5 heteroatoms. The second-order valence-corrected chi connectivity index (χ2v) is 9.84. The normalized spacial score (nSPS) is 26.9. The molecule has 0 aromatic heterocycles. The molecule has 4 rings (SSSR count). The number of nitrogens with zero attached hydrogens (tertiary/aromatic N) is 2. The van der Waals surface area contributed by atoms with Crippen LogP contribution in [-0.4, -0.2) is 60.3 Å².